The molecule has 0 heterocycles. The van der Waals surface area contributed by atoms with Gasteiger partial charge in [-0.3, -0.25) is 0 Å². The van der Waals surface area contributed by atoms with Crippen LogP contribution in [0.25, 0.3) is 16.8 Å². The van der Waals surface area contributed by atoms with Gasteiger partial charge in [-0.1, -0.05) is 60.7 Å². The van der Waals surface area contributed by atoms with Crippen molar-refractivity contribution in [2.75, 3.05) is 0 Å². The molecule has 3 aromatic carbocycles. The Kier molecular flexibility index (Phi) is 4.24. The first-order chi connectivity index (χ1) is 11.1. The summed E-state index contributed by atoms with van der Waals surface area (Å²) in [6.45, 7) is 3.87. The molecule has 0 radical (unpaired) electrons. The average Bonchev–Trinajstić information content (AvgIpc) is 2.56. The van der Waals surface area contributed by atoms with E-state index in [0.717, 1.165) is 27.5 Å². The van der Waals surface area contributed by atoms with Gasteiger partial charge in [0.1, 0.15) is 5.75 Å². The van der Waals surface area contributed by atoms with Crippen molar-refractivity contribution in [1.82, 2.24) is 0 Å². The first-order valence-corrected chi connectivity index (χ1v) is 7.59. The highest BCUT2D eigenvalue weighted by atomic mass is 16.5. The van der Waals surface area contributed by atoms with E-state index in [4.69, 9.17) is 4.74 Å². The molecule has 0 aromatic heterocycles. The summed E-state index contributed by atoms with van der Waals surface area (Å²) in [6, 6.07) is 20.0. The summed E-state index contributed by atoms with van der Waals surface area (Å²) in [6.07, 6.45) is 3.28. The molecule has 0 amide bonds. The van der Waals surface area contributed by atoms with Crippen molar-refractivity contribution in [2.45, 2.75) is 13.8 Å². The van der Waals surface area contributed by atoms with E-state index in [-0.39, 0.29) is 5.97 Å². The molecule has 2 nitrogen and oxygen atoms in total. The van der Waals surface area contributed by atoms with Crippen LogP contribution in [0.5, 0.6) is 5.75 Å². The van der Waals surface area contributed by atoms with Crippen LogP contribution in [0.1, 0.15) is 16.7 Å². The van der Waals surface area contributed by atoms with Gasteiger partial charge in [0.15, 0.2) is 0 Å². The van der Waals surface area contributed by atoms with E-state index in [1.165, 1.54) is 6.08 Å². The molecule has 23 heavy (non-hydrogen) atoms. The van der Waals surface area contributed by atoms with E-state index in [2.05, 4.69) is 12.1 Å². The summed E-state index contributed by atoms with van der Waals surface area (Å²) < 4.78 is 5.48. The molecule has 2 heteroatoms. The molecule has 0 N–H and O–H groups in total. The van der Waals surface area contributed by atoms with E-state index < -0.39 is 0 Å². The van der Waals surface area contributed by atoms with Crippen LogP contribution in [0.4, 0.5) is 0 Å². The molecule has 0 saturated heterocycles. The van der Waals surface area contributed by atoms with Crippen molar-refractivity contribution in [3.63, 3.8) is 0 Å². The Morgan fingerprint density at radius 1 is 0.870 bits per heavy atom. The van der Waals surface area contributed by atoms with Crippen molar-refractivity contribution < 1.29 is 9.53 Å². The number of hydrogen-bond donors (Lipinski definition) is 0. The van der Waals surface area contributed by atoms with E-state index in [1.807, 2.05) is 62.4 Å². The highest BCUT2D eigenvalue weighted by molar-refractivity contribution is 5.95. The normalized spacial score (nSPS) is 11.0. The fourth-order valence-corrected chi connectivity index (χ4v) is 2.65. The molecule has 0 aliphatic rings. The van der Waals surface area contributed by atoms with Gasteiger partial charge < -0.3 is 4.74 Å². The minimum absolute atomic E-state index is 0.365. The van der Waals surface area contributed by atoms with Gasteiger partial charge in [-0.2, -0.15) is 0 Å². The number of benzene rings is 3. The molecule has 114 valence electrons. The van der Waals surface area contributed by atoms with Gasteiger partial charge in [-0.05, 0) is 47.4 Å². The minimum Gasteiger partial charge on any atom is -0.423 e. The molecule has 0 spiro atoms. The van der Waals surface area contributed by atoms with Gasteiger partial charge in [0.25, 0.3) is 0 Å². The minimum atomic E-state index is -0.365. The second-order valence-corrected chi connectivity index (χ2v) is 5.54. The van der Waals surface area contributed by atoms with Gasteiger partial charge >= 0.3 is 5.97 Å². The molecule has 0 aliphatic heterocycles. The van der Waals surface area contributed by atoms with Gasteiger partial charge in [-0.25, -0.2) is 4.79 Å². The predicted octanol–water partition coefficient (Wildman–Crippen LogP) is 5.08. The quantitative estimate of drug-likeness (QED) is 0.383. The first-order valence-electron chi connectivity index (χ1n) is 7.59. The monoisotopic (exact) mass is 302 g/mol. The van der Waals surface area contributed by atoms with E-state index in [1.54, 1.807) is 6.08 Å². The van der Waals surface area contributed by atoms with Crippen LogP contribution >= 0.6 is 0 Å². The number of fused-ring (bicyclic) bond motifs is 1. The second-order valence-electron chi connectivity index (χ2n) is 5.54. The summed E-state index contributed by atoms with van der Waals surface area (Å²) in [5.74, 6) is 0.274. The van der Waals surface area contributed by atoms with Crippen LogP contribution in [0.3, 0.4) is 0 Å². The number of carbonyl (C=O) groups is 1. The molecule has 0 aliphatic carbocycles. The molecule has 3 rings (SSSR count). The van der Waals surface area contributed by atoms with E-state index >= 15 is 0 Å². The fraction of sp³-hybridized carbons (Fsp3) is 0.0952. The zero-order valence-corrected chi connectivity index (χ0v) is 13.2. The number of carbonyl (C=O) groups excluding carboxylic acids is 1. The molecule has 0 atom stereocenters. The zero-order valence-electron chi connectivity index (χ0n) is 13.2. The molecule has 0 unspecified atom stereocenters. The van der Waals surface area contributed by atoms with Crippen LogP contribution in [-0.2, 0) is 4.79 Å². The van der Waals surface area contributed by atoms with Gasteiger partial charge in [-0.15, -0.1) is 0 Å². The van der Waals surface area contributed by atoms with Crippen molar-refractivity contribution in [3.8, 4) is 5.75 Å². The van der Waals surface area contributed by atoms with Crippen LogP contribution in [-0.4, -0.2) is 5.97 Å². The average molecular weight is 302 g/mol. The largest absolute Gasteiger partial charge is 0.423 e. The van der Waals surface area contributed by atoms with Crippen LogP contribution in [0.15, 0.2) is 66.7 Å². The van der Waals surface area contributed by atoms with Crippen molar-refractivity contribution in [3.05, 3.63) is 83.4 Å². The van der Waals surface area contributed by atoms with Crippen molar-refractivity contribution in [1.29, 1.82) is 0 Å². The Labute approximate surface area is 136 Å². The maximum Gasteiger partial charge on any atom is 0.336 e. The summed E-state index contributed by atoms with van der Waals surface area (Å²) in [4.78, 5) is 12.1. The Hall–Kier alpha value is -2.87. The van der Waals surface area contributed by atoms with Crippen LogP contribution in [0.2, 0.25) is 0 Å². The standard InChI is InChI=1S/C21H18O2/c1-15-7-5-8-16(2)21(15)23-20(22)14-13-18-11-6-10-17-9-3-4-12-19(17)18/h3-14H,1-2H3/b14-13+. The van der Waals surface area contributed by atoms with Crippen LogP contribution in [0, 0.1) is 13.8 Å². The Morgan fingerprint density at radius 2 is 1.52 bits per heavy atom. The number of aryl methyl sites for hydroxylation is 2. The summed E-state index contributed by atoms with van der Waals surface area (Å²) in [5.41, 5.74) is 2.91. The molecular formula is C21H18O2. The van der Waals surface area contributed by atoms with Gasteiger partial charge in [0.05, 0.1) is 0 Å². The lowest BCUT2D eigenvalue weighted by Gasteiger charge is -2.08. The molecule has 0 saturated carbocycles. The summed E-state index contributed by atoms with van der Waals surface area (Å²) in [5, 5.41) is 2.27. The number of hydrogen-bond acceptors (Lipinski definition) is 2. The topological polar surface area (TPSA) is 26.3 Å². The third-order valence-corrected chi connectivity index (χ3v) is 3.83. The maximum absolute atomic E-state index is 12.1. The van der Waals surface area contributed by atoms with Gasteiger partial charge in [0, 0.05) is 6.08 Å². The lowest BCUT2D eigenvalue weighted by atomic mass is 10.0. The zero-order chi connectivity index (χ0) is 16.2. The Balaban J connectivity index is 1.83. The van der Waals surface area contributed by atoms with Gasteiger partial charge in [0.2, 0.25) is 0 Å². The predicted molar refractivity (Wildman–Crippen MR) is 94.5 cm³/mol. The SMILES string of the molecule is Cc1cccc(C)c1OC(=O)/C=C/c1cccc2ccccc12. The highest BCUT2D eigenvalue weighted by Gasteiger charge is 2.07. The number of esters is 1. The molecular weight excluding hydrogens is 284 g/mol. The van der Waals surface area contributed by atoms with E-state index in [9.17, 15) is 4.79 Å². The third-order valence-electron chi connectivity index (χ3n) is 3.83. The van der Waals surface area contributed by atoms with Crippen molar-refractivity contribution in [2.24, 2.45) is 0 Å². The molecule has 0 fully saturated rings. The highest BCUT2D eigenvalue weighted by Crippen LogP contribution is 2.23. The number of ether oxygens (including phenoxy) is 1. The number of rotatable bonds is 3. The number of para-hydroxylation sites is 1. The van der Waals surface area contributed by atoms with Crippen LogP contribution < -0.4 is 4.74 Å². The molecule has 3 aromatic rings. The smallest absolute Gasteiger partial charge is 0.336 e. The summed E-state index contributed by atoms with van der Waals surface area (Å²) >= 11 is 0. The Morgan fingerprint density at radius 3 is 2.30 bits per heavy atom. The lowest BCUT2D eigenvalue weighted by molar-refractivity contribution is -0.129. The maximum atomic E-state index is 12.1. The summed E-state index contributed by atoms with van der Waals surface area (Å²) in [7, 11) is 0. The fourth-order valence-electron chi connectivity index (χ4n) is 2.65. The third kappa shape index (κ3) is 3.32. The van der Waals surface area contributed by atoms with E-state index in [0.29, 0.717) is 5.75 Å². The van der Waals surface area contributed by atoms with Crippen molar-refractivity contribution >= 4 is 22.8 Å². The lowest BCUT2D eigenvalue weighted by Crippen LogP contribution is -2.06. The first kappa shape index (κ1) is 15.0. The molecule has 0 bridgehead atoms. The Bertz CT molecular complexity index is 866. The second kappa shape index (κ2) is 6.49.